The zero-order valence-corrected chi connectivity index (χ0v) is 22.0. The number of aliphatic hydroxyl groups is 1. The lowest BCUT2D eigenvalue weighted by molar-refractivity contribution is 0.102. The molecule has 3 heterocycles. The highest BCUT2D eigenvalue weighted by Crippen LogP contribution is 2.54. The number of piperidine rings is 1. The highest BCUT2D eigenvalue weighted by molar-refractivity contribution is 7.92. The second kappa shape index (κ2) is 10.5. The third kappa shape index (κ3) is 6.00. The molecule has 2 saturated heterocycles. The lowest BCUT2D eigenvalue weighted by atomic mass is 9.93. The first-order valence-electron chi connectivity index (χ1n) is 12.9. The van der Waals surface area contributed by atoms with Crippen LogP contribution >= 0.6 is 0 Å². The van der Waals surface area contributed by atoms with Crippen LogP contribution in [-0.4, -0.2) is 76.2 Å². The van der Waals surface area contributed by atoms with Gasteiger partial charge in [-0.25, -0.2) is 13.4 Å². The quantitative estimate of drug-likeness (QED) is 0.477. The van der Waals surface area contributed by atoms with Gasteiger partial charge in [0.1, 0.15) is 11.6 Å². The fourth-order valence-electron chi connectivity index (χ4n) is 5.16. The monoisotopic (exact) mass is 529 g/mol. The van der Waals surface area contributed by atoms with Crippen LogP contribution in [0.4, 0.5) is 23.0 Å². The maximum Gasteiger partial charge on any atom is 0.258 e. The number of aromatic nitrogens is 1. The summed E-state index contributed by atoms with van der Waals surface area (Å²) >= 11 is 0. The Balaban J connectivity index is 1.40. The Morgan fingerprint density at radius 1 is 1.05 bits per heavy atom. The van der Waals surface area contributed by atoms with E-state index in [0.29, 0.717) is 41.4 Å². The van der Waals surface area contributed by atoms with E-state index in [0.717, 1.165) is 50.4 Å². The number of nitrogens with one attached hydrogen (secondary N) is 2. The molecule has 1 spiro atoms. The van der Waals surface area contributed by atoms with Crippen LogP contribution in [0.2, 0.25) is 0 Å². The Hall–Kier alpha value is -2.89. The standard InChI is InChI=1S/C26H35N5O5S/c1-19-2-5-23(27-24(19)31-12-15-36-16-13-31)28-25(33)21-4-3-20(29-37(34,35)17-14-32)18-22(21)30-10-8-26(6-7-26)9-11-30/h2-5,18,29,32H,6-17H2,1H3,(H,27,28,33). The third-order valence-corrected chi connectivity index (χ3v) is 8.89. The molecule has 10 nitrogen and oxygen atoms in total. The lowest BCUT2D eigenvalue weighted by Gasteiger charge is -2.35. The largest absolute Gasteiger partial charge is 0.395 e. The minimum absolute atomic E-state index is 0.296. The smallest absolute Gasteiger partial charge is 0.258 e. The van der Waals surface area contributed by atoms with Gasteiger partial charge in [0.15, 0.2) is 0 Å². The summed E-state index contributed by atoms with van der Waals surface area (Å²) < 4.78 is 32.5. The zero-order valence-electron chi connectivity index (χ0n) is 21.2. The zero-order chi connectivity index (χ0) is 26.0. The molecule has 3 fully saturated rings. The summed E-state index contributed by atoms with van der Waals surface area (Å²) in [5.74, 6) is 0.615. The molecular weight excluding hydrogens is 494 g/mol. The van der Waals surface area contributed by atoms with Gasteiger partial charge >= 0.3 is 0 Å². The lowest BCUT2D eigenvalue weighted by Crippen LogP contribution is -2.37. The van der Waals surface area contributed by atoms with Crippen molar-refractivity contribution in [2.45, 2.75) is 32.6 Å². The molecule has 1 aromatic heterocycles. The number of ether oxygens (including phenoxy) is 1. The van der Waals surface area contributed by atoms with Gasteiger partial charge in [-0.2, -0.15) is 0 Å². The van der Waals surface area contributed by atoms with Gasteiger partial charge in [0.25, 0.3) is 5.91 Å². The molecule has 11 heteroatoms. The van der Waals surface area contributed by atoms with Crippen LogP contribution in [0.5, 0.6) is 0 Å². The van der Waals surface area contributed by atoms with Gasteiger partial charge in [-0.1, -0.05) is 6.07 Å². The highest BCUT2D eigenvalue weighted by atomic mass is 32.2. The van der Waals surface area contributed by atoms with Crippen molar-refractivity contribution in [1.82, 2.24) is 4.98 Å². The Morgan fingerprint density at radius 3 is 2.46 bits per heavy atom. The summed E-state index contributed by atoms with van der Waals surface area (Å²) in [5, 5.41) is 12.0. The van der Waals surface area contributed by atoms with E-state index in [2.05, 4.69) is 19.8 Å². The Bertz CT molecular complexity index is 1250. The summed E-state index contributed by atoms with van der Waals surface area (Å²) in [6.45, 7) is 5.96. The van der Waals surface area contributed by atoms with Crippen molar-refractivity contribution < 1.29 is 23.1 Å². The van der Waals surface area contributed by atoms with Crippen molar-refractivity contribution in [3.05, 3.63) is 41.5 Å². The molecule has 200 valence electrons. The van der Waals surface area contributed by atoms with Crippen LogP contribution in [0.1, 0.15) is 41.6 Å². The number of hydrogen-bond donors (Lipinski definition) is 3. The molecule has 0 atom stereocenters. The van der Waals surface area contributed by atoms with Crippen LogP contribution in [0.3, 0.4) is 0 Å². The van der Waals surface area contributed by atoms with E-state index in [1.54, 1.807) is 24.3 Å². The van der Waals surface area contributed by atoms with E-state index < -0.39 is 16.6 Å². The molecule has 2 aliphatic heterocycles. The highest BCUT2D eigenvalue weighted by Gasteiger charge is 2.44. The van der Waals surface area contributed by atoms with Crippen LogP contribution < -0.4 is 19.8 Å². The molecule has 3 aliphatic rings. The first kappa shape index (κ1) is 25.7. The van der Waals surface area contributed by atoms with Gasteiger partial charge in [-0.05, 0) is 67.9 Å². The minimum Gasteiger partial charge on any atom is -0.395 e. The second-order valence-electron chi connectivity index (χ2n) is 10.3. The van der Waals surface area contributed by atoms with Gasteiger partial charge in [0, 0.05) is 26.2 Å². The summed E-state index contributed by atoms with van der Waals surface area (Å²) in [6, 6.07) is 8.71. The van der Waals surface area contributed by atoms with Crippen LogP contribution in [0.15, 0.2) is 30.3 Å². The molecule has 0 radical (unpaired) electrons. The fourth-order valence-corrected chi connectivity index (χ4v) is 5.99. The van der Waals surface area contributed by atoms with E-state index in [4.69, 9.17) is 14.8 Å². The summed E-state index contributed by atoms with van der Waals surface area (Å²) in [4.78, 5) is 22.6. The summed E-state index contributed by atoms with van der Waals surface area (Å²) in [7, 11) is -3.68. The number of amides is 1. The predicted octanol–water partition coefficient (Wildman–Crippen LogP) is 2.59. The molecule has 0 bridgehead atoms. The number of aryl methyl sites for hydroxylation is 1. The number of aliphatic hydroxyl groups excluding tert-OH is 1. The van der Waals surface area contributed by atoms with Gasteiger partial charge in [-0.15, -0.1) is 0 Å². The van der Waals surface area contributed by atoms with Gasteiger partial charge < -0.3 is 25.0 Å². The van der Waals surface area contributed by atoms with E-state index in [1.165, 1.54) is 12.8 Å². The molecule has 1 aromatic carbocycles. The molecule has 3 N–H and O–H groups in total. The van der Waals surface area contributed by atoms with Crippen molar-refractivity contribution in [1.29, 1.82) is 0 Å². The normalized spacial score (nSPS) is 19.1. The third-order valence-electron chi connectivity index (χ3n) is 7.62. The van der Waals surface area contributed by atoms with E-state index >= 15 is 0 Å². The van der Waals surface area contributed by atoms with Crippen molar-refractivity contribution >= 4 is 38.9 Å². The predicted molar refractivity (Wildman–Crippen MR) is 144 cm³/mol. The number of benzene rings is 1. The number of anilines is 4. The number of rotatable bonds is 8. The SMILES string of the molecule is Cc1ccc(NC(=O)c2ccc(NS(=O)(=O)CCO)cc2N2CCC3(CC2)CC3)nc1N1CCOCC1. The fraction of sp³-hybridized carbons (Fsp3) is 0.538. The minimum atomic E-state index is -3.68. The maximum absolute atomic E-state index is 13.5. The van der Waals surface area contributed by atoms with Crippen molar-refractivity contribution in [2.24, 2.45) is 5.41 Å². The van der Waals surface area contributed by atoms with Crippen LogP contribution in [-0.2, 0) is 14.8 Å². The molecule has 0 unspecified atom stereocenters. The van der Waals surface area contributed by atoms with E-state index in [-0.39, 0.29) is 11.7 Å². The molecular formula is C26H35N5O5S. The number of nitrogens with zero attached hydrogens (tertiary/aromatic N) is 3. The maximum atomic E-state index is 13.5. The van der Waals surface area contributed by atoms with Crippen molar-refractivity contribution in [3.8, 4) is 0 Å². The average Bonchev–Trinajstić information content (AvgIpc) is 3.64. The summed E-state index contributed by atoms with van der Waals surface area (Å²) in [5.41, 5.74) is 3.02. The Morgan fingerprint density at radius 2 is 1.78 bits per heavy atom. The number of morpholine rings is 1. The van der Waals surface area contributed by atoms with Gasteiger partial charge in [-0.3, -0.25) is 9.52 Å². The molecule has 37 heavy (non-hydrogen) atoms. The van der Waals surface area contributed by atoms with Gasteiger partial charge in [0.05, 0.1) is 42.5 Å². The number of hydrogen-bond acceptors (Lipinski definition) is 8. The molecule has 1 aliphatic carbocycles. The van der Waals surface area contributed by atoms with E-state index in [9.17, 15) is 13.2 Å². The van der Waals surface area contributed by atoms with Gasteiger partial charge in [0.2, 0.25) is 10.0 Å². The Kier molecular flexibility index (Phi) is 7.28. The molecule has 1 amide bonds. The van der Waals surface area contributed by atoms with Crippen molar-refractivity contribution in [2.75, 3.05) is 71.6 Å². The first-order chi connectivity index (χ1) is 17.8. The molecule has 5 rings (SSSR count). The van der Waals surface area contributed by atoms with E-state index in [1.807, 2.05) is 13.0 Å². The topological polar surface area (TPSA) is 124 Å². The molecule has 2 aromatic rings. The first-order valence-corrected chi connectivity index (χ1v) is 14.5. The Labute approximate surface area is 218 Å². The summed E-state index contributed by atoms with van der Waals surface area (Å²) in [6.07, 6.45) is 4.66. The average molecular weight is 530 g/mol. The number of sulfonamides is 1. The van der Waals surface area contributed by atoms with Crippen molar-refractivity contribution in [3.63, 3.8) is 0 Å². The number of pyridine rings is 1. The van der Waals surface area contributed by atoms with Crippen LogP contribution in [0.25, 0.3) is 0 Å². The number of carbonyl (C=O) groups is 1. The molecule has 1 saturated carbocycles. The number of carbonyl (C=O) groups excluding carboxylic acids is 1. The second-order valence-corrected chi connectivity index (χ2v) is 12.1. The van der Waals surface area contributed by atoms with Crippen LogP contribution in [0, 0.1) is 12.3 Å².